The van der Waals surface area contributed by atoms with Crippen molar-refractivity contribution in [2.45, 2.75) is 45.3 Å². The molecule has 21 aromatic carbocycles. The average Bonchev–Trinajstić information content (AvgIpc) is 1.40. The van der Waals surface area contributed by atoms with Gasteiger partial charge >= 0.3 is 7.12 Å². The van der Waals surface area contributed by atoms with Gasteiger partial charge in [0.2, 0.25) is 0 Å². The molecule has 0 atom stereocenters. The van der Waals surface area contributed by atoms with Crippen molar-refractivity contribution in [3.63, 3.8) is 0 Å². The normalized spacial score (nSPS) is 14.5. The summed E-state index contributed by atoms with van der Waals surface area (Å²) in [7, 11) is -9.50. The molecule has 0 radical (unpaired) electrons. The fourth-order valence-corrected chi connectivity index (χ4v) is 35.4. The van der Waals surface area contributed by atoms with Gasteiger partial charge in [0.15, 0.2) is 24.2 Å². The van der Waals surface area contributed by atoms with Crippen LogP contribution < -0.4 is 67.7 Å². The molecule has 15 heteroatoms. The second kappa shape index (κ2) is 44.4. The second-order valence-electron chi connectivity index (χ2n) is 36.7. The summed E-state index contributed by atoms with van der Waals surface area (Å²) in [5.74, 6) is 0. The highest BCUT2D eigenvalue weighted by atomic mass is 79.9. The van der Waals surface area contributed by atoms with Crippen molar-refractivity contribution in [3.05, 3.63) is 598 Å². The number of halogens is 2. The molecule has 22 aromatic rings. The first-order valence-corrected chi connectivity index (χ1v) is 55.8. The number of nitrogens with zero attached hydrogens (tertiary/aromatic N) is 3. The van der Waals surface area contributed by atoms with E-state index >= 15 is 0 Å². The zero-order valence-electron chi connectivity index (χ0n) is 101. The molecular formula is C133H106BBr2N3O6Si3. The summed E-state index contributed by atoms with van der Waals surface area (Å²) in [6.07, 6.45) is 0.885. The number of benzene rings is 21. The van der Waals surface area contributed by atoms with E-state index in [1.165, 1.54) is 49.9 Å². The molecule has 0 bridgehead atoms. The van der Waals surface area contributed by atoms with Crippen LogP contribution in [0.15, 0.2) is 567 Å². The molecule has 0 spiro atoms. The van der Waals surface area contributed by atoms with Gasteiger partial charge in [0.25, 0.3) is 11.4 Å². The largest absolute Gasteiger partial charge is 0.494 e. The zero-order valence-corrected chi connectivity index (χ0v) is 87.1. The van der Waals surface area contributed by atoms with Crippen LogP contribution >= 0.6 is 31.9 Å². The molecule has 0 saturated carbocycles. The third kappa shape index (κ3) is 20.2. The molecule has 2 heterocycles. The monoisotopic (exact) mass is 2110 g/mol. The Morgan fingerprint density at radius 3 is 1.04 bits per heavy atom. The second-order valence-corrected chi connectivity index (χ2v) is 49.9. The SMILES string of the molecule is O=[N+]([O-])c1ccccc1Br.[2H]c1c([2H])c([2H])c(-c2cccc([Si](c3ccccc3)(c3ccccc3)c3ccc(-c4ccccc4[N+](=O)[O-])cc3)c2)c([2H])c1[2H].[2H]c1c([2H])c([2H])c(-c2cccc([Si](c3ccccc3)(c3ccccc3)c3ccc(B4OC(C)(C)C(C)(C)O4)cc3)c2)c([2H])c1[2H].[2H]c1c([2H])c([2H])c(-c2cccc([Si](c3ccccc3)(c3ccccc3)c3ccc4c(c3)Cc3ccccc3-4)c2)c([2H])c1[2H].[2H]c1c([2H])c([2H])c(-n2c3ccccc3c3cc(Br)ccc32)c([2H])c1[2H]. The Kier molecular flexibility index (Phi) is 23.2. The fourth-order valence-electron chi connectivity index (χ4n) is 20.2. The number of rotatable bonds is 20. The molecule has 1 aliphatic carbocycles. The third-order valence-corrected chi connectivity index (χ3v) is 43.2. The highest BCUT2D eigenvalue weighted by Gasteiger charge is 2.53. The van der Waals surface area contributed by atoms with Crippen LogP contribution in [0.2, 0.25) is 0 Å². The molecular weight excluding hydrogens is 1990 g/mol. The van der Waals surface area contributed by atoms with Crippen molar-refractivity contribution in [2.75, 3.05) is 0 Å². The third-order valence-electron chi connectivity index (χ3n) is 27.7. The van der Waals surface area contributed by atoms with Crippen LogP contribution in [-0.4, -0.2) is 57.0 Å². The number of fused-ring (bicyclic) bond motifs is 6. The van der Waals surface area contributed by atoms with Crippen molar-refractivity contribution in [3.8, 4) is 61.3 Å². The van der Waals surface area contributed by atoms with E-state index in [2.05, 4.69) is 238 Å². The molecule has 0 N–H and O–H groups in total. The van der Waals surface area contributed by atoms with Crippen molar-refractivity contribution in [2.24, 2.45) is 0 Å². The topological polar surface area (TPSA) is 110 Å². The van der Waals surface area contributed by atoms with E-state index in [1.54, 1.807) is 47.0 Å². The lowest BCUT2D eigenvalue weighted by Crippen LogP contribution is -2.74. The van der Waals surface area contributed by atoms with Crippen LogP contribution in [-0.2, 0) is 15.7 Å². The number of hydrogen-bond acceptors (Lipinski definition) is 6. The van der Waals surface area contributed by atoms with Crippen LogP contribution in [0.5, 0.6) is 0 Å². The van der Waals surface area contributed by atoms with Gasteiger partial charge in [0.1, 0.15) is 0 Å². The van der Waals surface area contributed by atoms with Gasteiger partial charge in [-0.1, -0.05) is 513 Å². The maximum absolute atomic E-state index is 11.8. The quantitative estimate of drug-likeness (QED) is 0.0325. The van der Waals surface area contributed by atoms with Crippen molar-refractivity contribution in [1.82, 2.24) is 4.57 Å². The van der Waals surface area contributed by atoms with Gasteiger partial charge in [-0.05, 0) is 227 Å². The highest BCUT2D eigenvalue weighted by Crippen LogP contribution is 2.40. The lowest BCUT2D eigenvalue weighted by atomic mass is 9.79. The fraction of sp³-hybridized carbons (Fsp3) is 0.0526. The lowest BCUT2D eigenvalue weighted by Gasteiger charge is -2.35. The standard InChI is InChI=1S/C37H28Si.C36H35BO2Si.C36H27NO2Si.C18H12BrN.C6H4BrNO2/c1-4-13-28(14-5-1)29-16-12-21-34(26-29)38(32-17-6-2-7-18-32,33-19-8-3-9-20-33)35-23-24-37-31(27-35)25-30-15-10-11-22-36(30)37;1-35(2)36(3,4)39-37(38-35)30-23-25-33(26-24-30)40(31-18-10-6-11-19-31,32-20-12-7-13-21-32)34-22-14-17-29(27-34)28-15-8-5-9-16-28;38-37(39)36-22-11-10-21-35(36)29-23-25-33(26-24-29)40(31-16-6-2-7-17-31,32-18-8-3-9-19-32)34-20-12-15-30(27-34)28-13-4-1-5-14-28;19-13-10-11-18-16(12-13)15-8-4-5-9-17(15)20(18)14-6-2-1-3-7-14;7-5-3-1-2-4-6(5)8(9)10/h1-24,26-27H,25H2;5-27H,1-4H3;1-27H;1-12H;1-4H/i1D,4D,5D,13D,14D;5D,8D,9D,15D,16D;1D,4D,5D,13D,14D;1D,2D,3D,6D,7D;. The molecule has 1 fully saturated rings. The molecule has 718 valence electrons. The van der Waals surface area contributed by atoms with E-state index in [4.69, 9.17) is 36.7 Å². The predicted molar refractivity (Wildman–Crippen MR) is 632 cm³/mol. The van der Waals surface area contributed by atoms with Gasteiger partial charge in [-0.3, -0.25) is 20.2 Å². The van der Waals surface area contributed by atoms with Gasteiger partial charge < -0.3 is 13.9 Å². The van der Waals surface area contributed by atoms with Gasteiger partial charge in [-0.15, -0.1) is 0 Å². The number of para-hydroxylation sites is 4. The van der Waals surface area contributed by atoms with Crippen molar-refractivity contribution in [1.29, 1.82) is 0 Å². The predicted octanol–water partition coefficient (Wildman–Crippen LogP) is 25.5. The average molecular weight is 2120 g/mol. The number of nitro benzene ring substituents is 2. The minimum atomic E-state index is -3.08. The van der Waals surface area contributed by atoms with Crippen molar-refractivity contribution >= 4 is 164 Å². The Morgan fingerprint density at radius 1 is 0.284 bits per heavy atom. The molecule has 0 amide bonds. The maximum Gasteiger partial charge on any atom is 0.494 e. The van der Waals surface area contributed by atoms with E-state index in [0.717, 1.165) is 90.4 Å². The van der Waals surface area contributed by atoms with Gasteiger partial charge in [0.05, 0.1) is 69.5 Å². The van der Waals surface area contributed by atoms with Gasteiger partial charge in [0, 0.05) is 33.1 Å². The molecule has 0 unspecified atom stereocenters. The first-order chi connectivity index (χ1) is 80.7. The van der Waals surface area contributed by atoms with Crippen molar-refractivity contribution < 1.29 is 46.6 Å². The van der Waals surface area contributed by atoms with Crippen LogP contribution in [0.4, 0.5) is 11.4 Å². The molecule has 1 aromatic heterocycles. The first kappa shape index (κ1) is 77.3. The molecule has 2 aliphatic rings. The first-order valence-electron chi connectivity index (χ1n) is 58.2. The van der Waals surface area contributed by atoms with Gasteiger partial charge in [-0.2, -0.15) is 0 Å². The van der Waals surface area contributed by atoms with E-state index < -0.39 is 59.6 Å². The summed E-state index contributed by atoms with van der Waals surface area (Å²) in [5, 5.41) is 37.3. The van der Waals surface area contributed by atoms with E-state index in [9.17, 15) is 20.2 Å². The minimum Gasteiger partial charge on any atom is -0.399 e. The summed E-state index contributed by atoms with van der Waals surface area (Å²) in [6.45, 7) is 8.19. The van der Waals surface area contributed by atoms with Crippen LogP contribution in [0.3, 0.4) is 0 Å². The Morgan fingerprint density at radius 2 is 0.615 bits per heavy atom. The molecule has 1 aliphatic heterocycles. The summed E-state index contributed by atoms with van der Waals surface area (Å²) < 4.78 is 182. The van der Waals surface area contributed by atoms with E-state index in [-0.39, 0.29) is 147 Å². The van der Waals surface area contributed by atoms with Crippen LogP contribution in [0, 0.1) is 20.2 Å². The lowest BCUT2D eigenvalue weighted by molar-refractivity contribution is -0.385. The summed E-state index contributed by atoms with van der Waals surface area (Å²) >= 11 is 6.53. The van der Waals surface area contributed by atoms with Crippen LogP contribution in [0.25, 0.3) is 83.1 Å². The zero-order chi connectivity index (χ0) is 119. The Bertz CT molecular complexity index is 9500. The Hall–Kier alpha value is -16.2. The van der Waals surface area contributed by atoms with Gasteiger partial charge in [-0.25, -0.2) is 0 Å². The Balaban J connectivity index is 0.000000130. The summed E-state index contributed by atoms with van der Waals surface area (Å²) in [5.41, 5.74) is 10.7. The van der Waals surface area contributed by atoms with Crippen LogP contribution in [0.1, 0.15) is 66.2 Å². The smallest absolute Gasteiger partial charge is 0.399 e. The molecule has 24 rings (SSSR count). The van der Waals surface area contributed by atoms with E-state index in [1.807, 2.05) is 204 Å². The number of nitro groups is 2. The highest BCUT2D eigenvalue weighted by molar-refractivity contribution is 9.10. The maximum atomic E-state index is 11.8. The Labute approximate surface area is 913 Å². The summed E-state index contributed by atoms with van der Waals surface area (Å²) in [4.78, 5) is 21.2. The molecule has 9 nitrogen and oxygen atoms in total. The number of aromatic nitrogens is 1. The minimum absolute atomic E-state index is 0.0335. The van der Waals surface area contributed by atoms with E-state index in [0.29, 0.717) is 26.7 Å². The molecule has 1 saturated heterocycles. The number of hydrogen-bond donors (Lipinski definition) is 0. The molecule has 148 heavy (non-hydrogen) atoms. The summed E-state index contributed by atoms with van der Waals surface area (Å²) in [6, 6.07) is 138.